The van der Waals surface area contributed by atoms with E-state index in [2.05, 4.69) is 24.3 Å². The highest BCUT2D eigenvalue weighted by molar-refractivity contribution is 5.84. The van der Waals surface area contributed by atoms with Gasteiger partial charge in [0.05, 0.1) is 0 Å². The first-order valence-corrected chi connectivity index (χ1v) is 9.72. The molecule has 1 aromatic rings. The molecule has 1 saturated carbocycles. The van der Waals surface area contributed by atoms with E-state index in [0.717, 1.165) is 49.7 Å². The summed E-state index contributed by atoms with van der Waals surface area (Å²) in [6.45, 7) is 0.164. The zero-order valence-corrected chi connectivity index (χ0v) is 15.4. The third-order valence-electron chi connectivity index (χ3n) is 5.23. The summed E-state index contributed by atoms with van der Waals surface area (Å²) in [7, 11) is 0. The number of hydrogen-bond donors (Lipinski definition) is 2. The molecule has 1 fully saturated rings. The predicted octanol–water partition coefficient (Wildman–Crippen LogP) is 4.26. The summed E-state index contributed by atoms with van der Waals surface area (Å²) in [5.41, 5.74) is 2.25. The van der Waals surface area contributed by atoms with E-state index < -0.39 is 5.97 Å². The van der Waals surface area contributed by atoms with Gasteiger partial charge in [-0.25, -0.2) is 0 Å². The second kappa shape index (κ2) is 10.9. The van der Waals surface area contributed by atoms with Gasteiger partial charge in [-0.15, -0.1) is 0 Å². The van der Waals surface area contributed by atoms with E-state index in [1.54, 1.807) is 0 Å². The van der Waals surface area contributed by atoms with Crippen LogP contribution >= 0.6 is 0 Å². The summed E-state index contributed by atoms with van der Waals surface area (Å²) in [5.74, 6) is 0.0899. The zero-order chi connectivity index (χ0) is 18.8. The molecule has 1 aliphatic carbocycles. The van der Waals surface area contributed by atoms with Crippen LogP contribution in [0.3, 0.4) is 0 Å². The van der Waals surface area contributed by atoms with Crippen molar-refractivity contribution in [2.45, 2.75) is 57.8 Å². The number of benzene rings is 1. The normalized spacial score (nSPS) is 20.1. The minimum Gasteiger partial charge on any atom is -0.481 e. The minimum atomic E-state index is -0.731. The Balaban J connectivity index is 1.79. The number of carboxylic acids is 1. The van der Waals surface area contributed by atoms with Crippen molar-refractivity contribution in [3.05, 3.63) is 41.5 Å². The molecule has 26 heavy (non-hydrogen) atoms. The lowest BCUT2D eigenvalue weighted by Crippen LogP contribution is -2.13. The maximum absolute atomic E-state index is 12.2. The van der Waals surface area contributed by atoms with Crippen molar-refractivity contribution in [1.82, 2.24) is 0 Å². The molecule has 4 nitrogen and oxygen atoms in total. The maximum atomic E-state index is 12.2. The molecule has 0 heterocycles. The molecule has 1 aliphatic rings. The molecule has 0 saturated heterocycles. The molecule has 142 valence electrons. The first-order valence-electron chi connectivity index (χ1n) is 9.72. The average molecular weight is 358 g/mol. The molecule has 0 aromatic heterocycles. The average Bonchev–Trinajstić information content (AvgIpc) is 2.97. The first-order chi connectivity index (χ1) is 12.6. The summed E-state index contributed by atoms with van der Waals surface area (Å²) in [6.07, 6.45) is 11.4. The molecule has 4 heteroatoms. The van der Waals surface area contributed by atoms with E-state index in [1.807, 2.05) is 12.1 Å². The van der Waals surface area contributed by atoms with Crippen molar-refractivity contribution in [3.8, 4) is 0 Å². The molecule has 0 amide bonds. The lowest BCUT2D eigenvalue weighted by Gasteiger charge is -2.14. The maximum Gasteiger partial charge on any atom is 0.303 e. The van der Waals surface area contributed by atoms with Crippen LogP contribution in [0.1, 0.15) is 62.5 Å². The molecule has 0 aliphatic heterocycles. The van der Waals surface area contributed by atoms with Crippen LogP contribution in [0.15, 0.2) is 30.3 Å². The second-order valence-corrected chi connectivity index (χ2v) is 7.20. The summed E-state index contributed by atoms with van der Waals surface area (Å²) < 4.78 is 0. The van der Waals surface area contributed by atoms with Crippen molar-refractivity contribution in [3.63, 3.8) is 0 Å². The number of rotatable bonds is 11. The van der Waals surface area contributed by atoms with Gasteiger partial charge in [-0.1, -0.05) is 55.7 Å². The van der Waals surface area contributed by atoms with Gasteiger partial charge in [0, 0.05) is 25.4 Å². The molecule has 1 aromatic carbocycles. The van der Waals surface area contributed by atoms with Gasteiger partial charge in [-0.2, -0.15) is 0 Å². The Kier molecular flexibility index (Phi) is 8.56. The molecular formula is C22H30O4. The Labute approximate surface area is 155 Å². The molecule has 2 atom stereocenters. The fourth-order valence-electron chi connectivity index (χ4n) is 3.69. The number of carboxylic acid groups (broad SMARTS) is 1. The molecule has 0 spiro atoms. The van der Waals surface area contributed by atoms with Gasteiger partial charge in [0.25, 0.3) is 0 Å². The third-order valence-corrected chi connectivity index (χ3v) is 5.23. The Bertz CT molecular complexity index is 603. The number of allylic oxidation sites excluding steroid dienone is 1. The van der Waals surface area contributed by atoms with Gasteiger partial charge in [0.2, 0.25) is 0 Å². The van der Waals surface area contributed by atoms with Gasteiger partial charge < -0.3 is 10.2 Å². The number of carbonyl (C=O) groups excluding carboxylic acids is 1. The lowest BCUT2D eigenvalue weighted by atomic mass is 9.89. The molecule has 2 N–H and O–H groups in total. The number of carbonyl (C=O) groups is 2. The Morgan fingerprint density at radius 1 is 1.12 bits per heavy atom. The number of aliphatic hydroxyl groups excluding tert-OH is 1. The number of unbranched alkanes of at least 4 members (excludes halogenated alkanes) is 3. The van der Waals surface area contributed by atoms with Gasteiger partial charge in [-0.3, -0.25) is 9.59 Å². The van der Waals surface area contributed by atoms with Gasteiger partial charge >= 0.3 is 5.97 Å². The summed E-state index contributed by atoms with van der Waals surface area (Å²) in [5, 5.41) is 17.6. The Morgan fingerprint density at radius 2 is 1.85 bits per heavy atom. The van der Waals surface area contributed by atoms with E-state index >= 15 is 0 Å². The zero-order valence-electron chi connectivity index (χ0n) is 15.4. The molecule has 0 radical (unpaired) electrons. The van der Waals surface area contributed by atoms with Crippen LogP contribution < -0.4 is 0 Å². The highest BCUT2D eigenvalue weighted by atomic mass is 16.4. The molecule has 0 bridgehead atoms. The van der Waals surface area contributed by atoms with E-state index in [0.29, 0.717) is 24.5 Å². The number of aliphatic carboxylic acids is 1. The van der Waals surface area contributed by atoms with Crippen LogP contribution in [0.5, 0.6) is 0 Å². The first kappa shape index (κ1) is 20.4. The highest BCUT2D eigenvalue weighted by Crippen LogP contribution is 2.34. The van der Waals surface area contributed by atoms with Crippen LogP contribution in [0.2, 0.25) is 0 Å². The van der Waals surface area contributed by atoms with Gasteiger partial charge in [-0.05, 0) is 42.7 Å². The fourth-order valence-corrected chi connectivity index (χ4v) is 3.69. The van der Waals surface area contributed by atoms with Crippen molar-refractivity contribution < 1.29 is 19.8 Å². The van der Waals surface area contributed by atoms with Crippen LogP contribution in [0.25, 0.3) is 6.08 Å². The highest BCUT2D eigenvalue weighted by Gasteiger charge is 2.32. The van der Waals surface area contributed by atoms with Crippen LogP contribution in [-0.4, -0.2) is 28.6 Å². The van der Waals surface area contributed by atoms with Crippen LogP contribution in [0.4, 0.5) is 0 Å². The third kappa shape index (κ3) is 6.75. The monoisotopic (exact) mass is 358 g/mol. The number of hydrogen-bond acceptors (Lipinski definition) is 3. The molecule has 0 unspecified atom stereocenters. The smallest absolute Gasteiger partial charge is 0.303 e. The number of aliphatic hydroxyl groups is 1. The fraction of sp³-hybridized carbons (Fsp3) is 0.545. The van der Waals surface area contributed by atoms with Gasteiger partial charge in [0.15, 0.2) is 0 Å². The Morgan fingerprint density at radius 3 is 2.54 bits per heavy atom. The second-order valence-electron chi connectivity index (χ2n) is 7.20. The summed E-state index contributed by atoms with van der Waals surface area (Å²) in [6, 6.07) is 8.17. The van der Waals surface area contributed by atoms with Gasteiger partial charge in [0.1, 0.15) is 5.78 Å². The van der Waals surface area contributed by atoms with Crippen molar-refractivity contribution >= 4 is 17.8 Å². The molecule has 2 rings (SSSR count). The van der Waals surface area contributed by atoms with Crippen molar-refractivity contribution in [2.24, 2.45) is 11.8 Å². The topological polar surface area (TPSA) is 74.6 Å². The summed E-state index contributed by atoms with van der Waals surface area (Å²) >= 11 is 0. The standard InChI is InChI=1S/C22H30O4/c23-16-15-18-9-7-17(8-10-18)11-12-19-13-14-21(24)20(19)5-3-1-2-4-6-22(25)26/h7-12,19-20,23H,1-6,13-16H2,(H,25,26)/t19-,20+/m1/s1. The lowest BCUT2D eigenvalue weighted by molar-refractivity contribution is -0.137. The van der Waals surface area contributed by atoms with Crippen LogP contribution in [-0.2, 0) is 16.0 Å². The van der Waals surface area contributed by atoms with E-state index in [4.69, 9.17) is 10.2 Å². The molecular weight excluding hydrogens is 328 g/mol. The largest absolute Gasteiger partial charge is 0.481 e. The predicted molar refractivity (Wildman–Crippen MR) is 103 cm³/mol. The minimum absolute atomic E-state index is 0.124. The SMILES string of the molecule is O=C(O)CCCCCC[C@@H]1C(=O)CC[C@H]1C=Cc1ccc(CCO)cc1. The Hall–Kier alpha value is -1.94. The van der Waals surface area contributed by atoms with Crippen molar-refractivity contribution in [1.29, 1.82) is 0 Å². The van der Waals surface area contributed by atoms with E-state index in [1.165, 1.54) is 0 Å². The van der Waals surface area contributed by atoms with E-state index in [-0.39, 0.29) is 18.9 Å². The van der Waals surface area contributed by atoms with Crippen molar-refractivity contribution in [2.75, 3.05) is 6.61 Å². The number of ketones is 1. The summed E-state index contributed by atoms with van der Waals surface area (Å²) in [4.78, 5) is 22.7. The number of Topliss-reactive ketones (excluding diaryl/α,β-unsaturated/α-hetero) is 1. The quantitative estimate of drug-likeness (QED) is 0.580. The van der Waals surface area contributed by atoms with Crippen LogP contribution in [0, 0.1) is 11.8 Å². The van der Waals surface area contributed by atoms with E-state index in [9.17, 15) is 9.59 Å².